The summed E-state index contributed by atoms with van der Waals surface area (Å²) < 4.78 is 6.69. The number of ether oxygens (including phenoxy) is 1. The summed E-state index contributed by atoms with van der Waals surface area (Å²) in [5.74, 6) is 1.36. The molecule has 4 nitrogen and oxygen atoms in total. The lowest BCUT2D eigenvalue weighted by molar-refractivity contribution is 0.0996. The molecule has 1 saturated heterocycles. The molecule has 2 aromatic rings. The SMILES string of the molecule is CCC1OCCC1c1nc2c(N)cc(Br)cc2[nH]1. The van der Waals surface area contributed by atoms with Crippen LogP contribution in [0.3, 0.4) is 0 Å². The van der Waals surface area contributed by atoms with Gasteiger partial charge in [0.1, 0.15) is 11.3 Å². The van der Waals surface area contributed by atoms with Gasteiger partial charge in [0.05, 0.1) is 17.3 Å². The zero-order chi connectivity index (χ0) is 12.7. The smallest absolute Gasteiger partial charge is 0.113 e. The molecule has 0 radical (unpaired) electrons. The molecule has 3 rings (SSSR count). The number of aromatic nitrogens is 2. The number of halogens is 1. The van der Waals surface area contributed by atoms with E-state index in [1.54, 1.807) is 0 Å². The first-order chi connectivity index (χ1) is 8.69. The number of fused-ring (bicyclic) bond motifs is 1. The average Bonchev–Trinajstić information content (AvgIpc) is 2.92. The first-order valence-electron chi connectivity index (χ1n) is 6.25. The number of nitrogens with zero attached hydrogens (tertiary/aromatic N) is 1. The number of nitrogens with one attached hydrogen (secondary N) is 1. The molecule has 3 N–H and O–H groups in total. The molecule has 0 saturated carbocycles. The molecule has 0 amide bonds. The van der Waals surface area contributed by atoms with Crippen molar-refractivity contribution in [3.05, 3.63) is 22.4 Å². The number of imidazole rings is 1. The number of hydrogen-bond acceptors (Lipinski definition) is 3. The topological polar surface area (TPSA) is 63.9 Å². The second-order valence-electron chi connectivity index (χ2n) is 4.73. The Balaban J connectivity index is 2.05. The van der Waals surface area contributed by atoms with Gasteiger partial charge in [-0.2, -0.15) is 0 Å². The predicted octanol–water partition coefficient (Wildman–Crippen LogP) is 3.19. The van der Waals surface area contributed by atoms with E-state index in [-0.39, 0.29) is 6.10 Å². The van der Waals surface area contributed by atoms with Crippen LogP contribution in [0.25, 0.3) is 11.0 Å². The number of rotatable bonds is 2. The number of nitrogens with two attached hydrogens (primary N) is 1. The molecular weight excluding hydrogens is 294 g/mol. The highest BCUT2D eigenvalue weighted by atomic mass is 79.9. The summed E-state index contributed by atoms with van der Waals surface area (Å²) in [6.07, 6.45) is 2.32. The van der Waals surface area contributed by atoms with Gasteiger partial charge in [0.2, 0.25) is 0 Å². The number of hydrogen-bond donors (Lipinski definition) is 2. The molecule has 96 valence electrons. The minimum atomic E-state index is 0.273. The van der Waals surface area contributed by atoms with Gasteiger partial charge in [-0.05, 0) is 25.0 Å². The molecule has 18 heavy (non-hydrogen) atoms. The van der Waals surface area contributed by atoms with Crippen molar-refractivity contribution in [2.45, 2.75) is 31.8 Å². The fourth-order valence-corrected chi connectivity index (χ4v) is 3.14. The van der Waals surface area contributed by atoms with E-state index >= 15 is 0 Å². The Hall–Kier alpha value is -1.07. The Morgan fingerprint density at radius 1 is 1.56 bits per heavy atom. The van der Waals surface area contributed by atoms with Crippen LogP contribution in [-0.4, -0.2) is 22.7 Å². The van der Waals surface area contributed by atoms with Gasteiger partial charge in [-0.3, -0.25) is 0 Å². The van der Waals surface area contributed by atoms with Crippen molar-refractivity contribution in [1.82, 2.24) is 9.97 Å². The minimum Gasteiger partial charge on any atom is -0.397 e. The van der Waals surface area contributed by atoms with E-state index in [0.717, 1.165) is 40.8 Å². The maximum absolute atomic E-state index is 5.99. The largest absolute Gasteiger partial charge is 0.397 e. The fraction of sp³-hybridized carbons (Fsp3) is 0.462. The van der Waals surface area contributed by atoms with E-state index in [1.807, 2.05) is 12.1 Å². The van der Waals surface area contributed by atoms with Gasteiger partial charge >= 0.3 is 0 Å². The van der Waals surface area contributed by atoms with Gasteiger partial charge in [-0.15, -0.1) is 0 Å². The molecule has 2 unspecified atom stereocenters. The first kappa shape index (κ1) is 12.0. The van der Waals surface area contributed by atoms with Crippen LogP contribution in [0.4, 0.5) is 5.69 Å². The number of H-pyrrole nitrogens is 1. The quantitative estimate of drug-likeness (QED) is 0.837. The van der Waals surface area contributed by atoms with Crippen molar-refractivity contribution in [3.8, 4) is 0 Å². The molecule has 0 spiro atoms. The number of benzene rings is 1. The normalized spacial score (nSPS) is 23.9. The number of nitrogen functional groups attached to an aromatic ring is 1. The van der Waals surface area contributed by atoms with E-state index < -0.39 is 0 Å². The molecule has 1 aliphatic rings. The fourth-order valence-electron chi connectivity index (χ4n) is 2.67. The highest BCUT2D eigenvalue weighted by molar-refractivity contribution is 9.10. The van der Waals surface area contributed by atoms with Crippen molar-refractivity contribution in [3.63, 3.8) is 0 Å². The second kappa shape index (κ2) is 4.55. The summed E-state index contributed by atoms with van der Waals surface area (Å²) >= 11 is 3.45. The second-order valence-corrected chi connectivity index (χ2v) is 5.64. The Morgan fingerprint density at radius 3 is 3.17 bits per heavy atom. The van der Waals surface area contributed by atoms with Gasteiger partial charge in [0, 0.05) is 17.0 Å². The van der Waals surface area contributed by atoms with Gasteiger partial charge in [0.15, 0.2) is 0 Å². The molecule has 1 aromatic heterocycles. The van der Waals surface area contributed by atoms with Crippen LogP contribution in [0.1, 0.15) is 31.5 Å². The third-order valence-corrected chi connectivity index (χ3v) is 4.02. The lowest BCUT2D eigenvalue weighted by Crippen LogP contribution is -2.14. The molecule has 5 heteroatoms. The summed E-state index contributed by atoms with van der Waals surface area (Å²) in [5, 5.41) is 0. The Kier molecular flexibility index (Phi) is 3.03. The minimum absolute atomic E-state index is 0.273. The van der Waals surface area contributed by atoms with Gasteiger partial charge in [-0.25, -0.2) is 4.98 Å². The summed E-state index contributed by atoms with van der Waals surface area (Å²) in [7, 11) is 0. The van der Waals surface area contributed by atoms with Crippen LogP contribution in [0.15, 0.2) is 16.6 Å². The van der Waals surface area contributed by atoms with E-state index in [1.165, 1.54) is 0 Å². The van der Waals surface area contributed by atoms with Crippen molar-refractivity contribution < 1.29 is 4.74 Å². The highest BCUT2D eigenvalue weighted by Crippen LogP contribution is 2.34. The summed E-state index contributed by atoms with van der Waals surface area (Å²) in [6.45, 7) is 2.97. The van der Waals surface area contributed by atoms with Crippen LogP contribution in [0.2, 0.25) is 0 Å². The zero-order valence-corrected chi connectivity index (χ0v) is 11.8. The van der Waals surface area contributed by atoms with Crippen molar-refractivity contribution in [2.75, 3.05) is 12.3 Å². The summed E-state index contributed by atoms with van der Waals surface area (Å²) in [4.78, 5) is 8.03. The third-order valence-electron chi connectivity index (χ3n) is 3.56. The third kappa shape index (κ3) is 1.91. The Morgan fingerprint density at radius 2 is 2.39 bits per heavy atom. The molecule has 1 aromatic carbocycles. The molecule has 0 bridgehead atoms. The lowest BCUT2D eigenvalue weighted by Gasteiger charge is -2.13. The molecule has 2 atom stereocenters. The molecular formula is C13H16BrN3O. The predicted molar refractivity (Wildman–Crippen MR) is 75.6 cm³/mol. The zero-order valence-electron chi connectivity index (χ0n) is 10.2. The van der Waals surface area contributed by atoms with Crippen LogP contribution in [0, 0.1) is 0 Å². The lowest BCUT2D eigenvalue weighted by atomic mass is 9.99. The Labute approximate surface area is 114 Å². The van der Waals surface area contributed by atoms with Crippen LogP contribution < -0.4 is 5.73 Å². The van der Waals surface area contributed by atoms with Crippen LogP contribution in [-0.2, 0) is 4.74 Å². The summed E-state index contributed by atoms with van der Waals surface area (Å²) in [5.41, 5.74) is 8.54. The van der Waals surface area contributed by atoms with Crippen molar-refractivity contribution in [2.24, 2.45) is 0 Å². The van der Waals surface area contributed by atoms with Crippen LogP contribution >= 0.6 is 15.9 Å². The van der Waals surface area contributed by atoms with Crippen molar-refractivity contribution >= 4 is 32.7 Å². The highest BCUT2D eigenvalue weighted by Gasteiger charge is 2.30. The number of aromatic amines is 1. The van der Waals surface area contributed by atoms with E-state index in [4.69, 9.17) is 10.5 Å². The summed E-state index contributed by atoms with van der Waals surface area (Å²) in [6, 6.07) is 3.90. The average molecular weight is 310 g/mol. The first-order valence-corrected chi connectivity index (χ1v) is 7.04. The Bertz CT molecular complexity index is 581. The van der Waals surface area contributed by atoms with Gasteiger partial charge in [-0.1, -0.05) is 22.9 Å². The molecule has 1 aliphatic heterocycles. The van der Waals surface area contributed by atoms with Gasteiger partial charge < -0.3 is 15.5 Å². The number of anilines is 1. The van der Waals surface area contributed by atoms with Crippen LogP contribution in [0.5, 0.6) is 0 Å². The van der Waals surface area contributed by atoms with E-state index in [9.17, 15) is 0 Å². The standard InChI is InChI=1S/C13H16BrN3O/c1-2-11-8(3-4-18-11)13-16-10-6-7(14)5-9(15)12(10)17-13/h5-6,8,11H,2-4,15H2,1H3,(H,16,17). The van der Waals surface area contributed by atoms with Crippen molar-refractivity contribution in [1.29, 1.82) is 0 Å². The molecule has 2 heterocycles. The van der Waals surface area contributed by atoms with Gasteiger partial charge in [0.25, 0.3) is 0 Å². The molecule has 0 aliphatic carbocycles. The maximum Gasteiger partial charge on any atom is 0.113 e. The van der Waals surface area contributed by atoms with E-state index in [2.05, 4.69) is 32.8 Å². The molecule has 1 fully saturated rings. The monoisotopic (exact) mass is 309 g/mol. The van der Waals surface area contributed by atoms with E-state index in [0.29, 0.717) is 11.6 Å². The maximum atomic E-state index is 5.99.